The standard InChI is InChI=1S/C10H12BrN3S/c1-12-5-9-2-3-14(13-9)6-10-4-8(11)7-15-10/h2-4,7,12H,5-6H2,1H3. The number of halogens is 1. The van der Waals surface area contributed by atoms with Crippen LogP contribution in [0.1, 0.15) is 10.6 Å². The van der Waals surface area contributed by atoms with Crippen molar-refractivity contribution in [3.8, 4) is 0 Å². The lowest BCUT2D eigenvalue weighted by Gasteiger charge is -1.97. The third kappa shape index (κ3) is 2.90. The van der Waals surface area contributed by atoms with Crippen LogP contribution in [0, 0.1) is 0 Å². The summed E-state index contributed by atoms with van der Waals surface area (Å²) in [7, 11) is 1.93. The van der Waals surface area contributed by atoms with Gasteiger partial charge in [-0.3, -0.25) is 4.68 Å². The number of thiophene rings is 1. The van der Waals surface area contributed by atoms with Crippen molar-refractivity contribution in [3.05, 3.63) is 38.8 Å². The van der Waals surface area contributed by atoms with Crippen molar-refractivity contribution in [2.75, 3.05) is 7.05 Å². The van der Waals surface area contributed by atoms with Crippen LogP contribution in [0.4, 0.5) is 0 Å². The molecule has 0 fully saturated rings. The van der Waals surface area contributed by atoms with Gasteiger partial charge < -0.3 is 5.32 Å². The highest BCUT2D eigenvalue weighted by molar-refractivity contribution is 9.10. The summed E-state index contributed by atoms with van der Waals surface area (Å²) in [4.78, 5) is 1.31. The van der Waals surface area contributed by atoms with Gasteiger partial charge in [-0.25, -0.2) is 0 Å². The van der Waals surface area contributed by atoms with Gasteiger partial charge in [0.1, 0.15) is 0 Å². The Morgan fingerprint density at radius 1 is 1.60 bits per heavy atom. The largest absolute Gasteiger partial charge is 0.314 e. The molecule has 1 N–H and O–H groups in total. The number of hydrogen-bond acceptors (Lipinski definition) is 3. The molecular weight excluding hydrogens is 274 g/mol. The first-order valence-electron chi connectivity index (χ1n) is 4.68. The highest BCUT2D eigenvalue weighted by Gasteiger charge is 2.01. The molecule has 0 aliphatic carbocycles. The zero-order valence-corrected chi connectivity index (χ0v) is 10.8. The second-order valence-electron chi connectivity index (χ2n) is 3.27. The molecule has 0 radical (unpaired) electrons. The van der Waals surface area contributed by atoms with Gasteiger partial charge in [-0.1, -0.05) is 0 Å². The van der Waals surface area contributed by atoms with Crippen LogP contribution >= 0.6 is 27.3 Å². The fourth-order valence-electron chi connectivity index (χ4n) is 1.36. The molecule has 0 saturated heterocycles. The van der Waals surface area contributed by atoms with E-state index in [2.05, 4.69) is 37.8 Å². The van der Waals surface area contributed by atoms with Crippen molar-refractivity contribution in [3.63, 3.8) is 0 Å². The third-order valence-electron chi connectivity index (χ3n) is 1.99. The second kappa shape index (κ2) is 4.92. The van der Waals surface area contributed by atoms with Crippen molar-refractivity contribution < 1.29 is 0 Å². The van der Waals surface area contributed by atoms with Crippen LogP contribution in [0.25, 0.3) is 0 Å². The summed E-state index contributed by atoms with van der Waals surface area (Å²) in [5, 5.41) is 9.63. The predicted molar refractivity (Wildman–Crippen MR) is 66.1 cm³/mol. The van der Waals surface area contributed by atoms with Crippen molar-refractivity contribution in [2.24, 2.45) is 0 Å². The van der Waals surface area contributed by atoms with Crippen molar-refractivity contribution in [1.82, 2.24) is 15.1 Å². The molecule has 0 bridgehead atoms. The Morgan fingerprint density at radius 2 is 2.47 bits per heavy atom. The summed E-state index contributed by atoms with van der Waals surface area (Å²) in [6, 6.07) is 4.17. The zero-order valence-electron chi connectivity index (χ0n) is 8.40. The summed E-state index contributed by atoms with van der Waals surface area (Å²) in [6.07, 6.45) is 2.01. The van der Waals surface area contributed by atoms with E-state index in [9.17, 15) is 0 Å². The lowest BCUT2D eigenvalue weighted by atomic mass is 10.4. The molecule has 2 aromatic rings. The maximum atomic E-state index is 4.45. The molecule has 0 unspecified atom stereocenters. The van der Waals surface area contributed by atoms with Crippen LogP contribution in [-0.2, 0) is 13.1 Å². The molecule has 0 aromatic carbocycles. The fraction of sp³-hybridized carbons (Fsp3) is 0.300. The van der Waals surface area contributed by atoms with Gasteiger partial charge in [0.25, 0.3) is 0 Å². The van der Waals surface area contributed by atoms with E-state index in [4.69, 9.17) is 0 Å². The summed E-state index contributed by atoms with van der Waals surface area (Å²) in [5.41, 5.74) is 1.08. The minimum atomic E-state index is 0.821. The Labute approximate surface area is 101 Å². The smallest absolute Gasteiger partial charge is 0.0762 e. The molecule has 0 aliphatic rings. The normalized spacial score (nSPS) is 10.8. The van der Waals surface area contributed by atoms with E-state index >= 15 is 0 Å². The van der Waals surface area contributed by atoms with E-state index in [1.54, 1.807) is 11.3 Å². The molecule has 0 aliphatic heterocycles. The highest BCUT2D eigenvalue weighted by Crippen LogP contribution is 2.20. The monoisotopic (exact) mass is 285 g/mol. The lowest BCUT2D eigenvalue weighted by molar-refractivity contribution is 0.664. The maximum absolute atomic E-state index is 4.45. The van der Waals surface area contributed by atoms with Gasteiger partial charge in [0.15, 0.2) is 0 Å². The van der Waals surface area contributed by atoms with Crippen molar-refractivity contribution in [1.29, 1.82) is 0 Å². The number of nitrogens with zero attached hydrogens (tertiary/aromatic N) is 2. The quantitative estimate of drug-likeness (QED) is 0.935. The Balaban J connectivity index is 2.04. The molecule has 15 heavy (non-hydrogen) atoms. The average Bonchev–Trinajstić information content (AvgIpc) is 2.78. The van der Waals surface area contributed by atoms with Crippen LogP contribution < -0.4 is 5.32 Å². The molecule has 0 amide bonds. The number of rotatable bonds is 4. The Morgan fingerprint density at radius 3 is 3.13 bits per heavy atom. The molecule has 0 saturated carbocycles. The molecule has 2 heterocycles. The van der Waals surface area contributed by atoms with Crippen LogP contribution in [0.2, 0.25) is 0 Å². The molecule has 2 aromatic heterocycles. The van der Waals surface area contributed by atoms with E-state index < -0.39 is 0 Å². The number of nitrogens with one attached hydrogen (secondary N) is 1. The molecule has 2 rings (SSSR count). The van der Waals surface area contributed by atoms with E-state index in [0.717, 1.165) is 23.3 Å². The first kappa shape index (κ1) is 10.9. The predicted octanol–water partition coefficient (Wildman–Crippen LogP) is 2.47. The third-order valence-corrected chi connectivity index (χ3v) is 3.68. The van der Waals surface area contributed by atoms with Gasteiger partial charge in [0.05, 0.1) is 12.2 Å². The van der Waals surface area contributed by atoms with Gasteiger partial charge in [-0.2, -0.15) is 5.10 Å². The first-order valence-corrected chi connectivity index (χ1v) is 6.35. The fourth-order valence-corrected chi connectivity index (χ4v) is 2.81. The van der Waals surface area contributed by atoms with Gasteiger partial charge in [-0.15, -0.1) is 11.3 Å². The SMILES string of the molecule is CNCc1ccn(Cc2cc(Br)cs2)n1. The van der Waals surface area contributed by atoms with E-state index in [-0.39, 0.29) is 0 Å². The topological polar surface area (TPSA) is 29.9 Å². The number of aromatic nitrogens is 2. The van der Waals surface area contributed by atoms with Crippen molar-refractivity contribution >= 4 is 27.3 Å². The van der Waals surface area contributed by atoms with E-state index in [1.807, 2.05) is 24.0 Å². The number of hydrogen-bond donors (Lipinski definition) is 1. The highest BCUT2D eigenvalue weighted by atomic mass is 79.9. The lowest BCUT2D eigenvalue weighted by Crippen LogP contribution is -2.07. The molecule has 5 heteroatoms. The minimum absolute atomic E-state index is 0.821. The van der Waals surface area contributed by atoms with Gasteiger partial charge in [-0.05, 0) is 35.1 Å². The summed E-state index contributed by atoms with van der Waals surface area (Å²) >= 11 is 5.19. The van der Waals surface area contributed by atoms with Gasteiger partial charge >= 0.3 is 0 Å². The summed E-state index contributed by atoms with van der Waals surface area (Å²) in [6.45, 7) is 1.67. The maximum Gasteiger partial charge on any atom is 0.0762 e. The average molecular weight is 286 g/mol. The molecule has 0 atom stereocenters. The van der Waals surface area contributed by atoms with Crippen LogP contribution in [-0.4, -0.2) is 16.8 Å². The Kier molecular flexibility index (Phi) is 3.56. The Hall–Kier alpha value is -0.650. The van der Waals surface area contributed by atoms with Crippen LogP contribution in [0.5, 0.6) is 0 Å². The van der Waals surface area contributed by atoms with Crippen LogP contribution in [0.15, 0.2) is 28.2 Å². The van der Waals surface area contributed by atoms with Crippen molar-refractivity contribution in [2.45, 2.75) is 13.1 Å². The summed E-state index contributed by atoms with van der Waals surface area (Å²) < 4.78 is 3.11. The zero-order chi connectivity index (χ0) is 10.7. The molecule has 3 nitrogen and oxygen atoms in total. The first-order chi connectivity index (χ1) is 7.28. The van der Waals surface area contributed by atoms with Crippen LogP contribution in [0.3, 0.4) is 0 Å². The van der Waals surface area contributed by atoms with E-state index in [1.165, 1.54) is 4.88 Å². The Bertz CT molecular complexity index is 435. The summed E-state index contributed by atoms with van der Waals surface area (Å²) in [5.74, 6) is 0. The molecule has 0 spiro atoms. The second-order valence-corrected chi connectivity index (χ2v) is 5.18. The van der Waals surface area contributed by atoms with Gasteiger partial charge in [0.2, 0.25) is 0 Å². The molecular formula is C10H12BrN3S. The minimum Gasteiger partial charge on any atom is -0.314 e. The molecule has 80 valence electrons. The van der Waals surface area contributed by atoms with E-state index in [0.29, 0.717) is 0 Å². The van der Waals surface area contributed by atoms with Gasteiger partial charge in [0, 0.05) is 27.5 Å².